The van der Waals surface area contributed by atoms with Crippen molar-refractivity contribution >= 4 is 0 Å². The van der Waals surface area contributed by atoms with Crippen molar-refractivity contribution in [2.24, 2.45) is 177 Å². The molecule has 30 heteroatoms. The number of alkyl halides is 30. The van der Waals surface area contributed by atoms with Gasteiger partial charge in [0.05, 0.1) is 57.2 Å². The first-order valence-corrected chi connectivity index (χ1v) is 47.9. The lowest BCUT2D eigenvalue weighted by Gasteiger charge is -2.51. The van der Waals surface area contributed by atoms with Crippen LogP contribution >= 0.6 is 0 Å². The van der Waals surface area contributed by atoms with E-state index in [0.29, 0.717) is 54.3 Å². The van der Waals surface area contributed by atoms with Crippen LogP contribution in [-0.4, -0.2) is 61.8 Å². The van der Waals surface area contributed by atoms with Crippen LogP contribution in [0.3, 0.4) is 0 Å². The molecule has 0 amide bonds. The first-order chi connectivity index (χ1) is 57.2. The van der Waals surface area contributed by atoms with E-state index in [1.54, 1.807) is 104 Å². The molecule has 2 saturated carbocycles. The Morgan fingerprint density at radius 2 is 0.515 bits per heavy atom. The summed E-state index contributed by atoms with van der Waals surface area (Å²) in [6, 6.07) is 0. The minimum Gasteiger partial charge on any atom is -0.171 e. The molecule has 0 aromatic carbocycles. The zero-order valence-corrected chi connectivity index (χ0v) is 93.6. The molecule has 11 atom stereocenters. The maximum atomic E-state index is 12.9. The summed E-state index contributed by atoms with van der Waals surface area (Å²) in [5, 5.41) is 0. The van der Waals surface area contributed by atoms with Crippen molar-refractivity contribution in [3.05, 3.63) is 0 Å². The molecule has 0 bridgehead atoms. The summed E-state index contributed by atoms with van der Waals surface area (Å²) in [6.45, 7) is 95.5. The molecule has 0 aromatic heterocycles. The summed E-state index contributed by atoms with van der Waals surface area (Å²) in [5.41, 5.74) is -8.90. The second kappa shape index (κ2) is 55.8. The molecule has 0 nitrogen and oxygen atoms in total. The van der Waals surface area contributed by atoms with Gasteiger partial charge in [-0.2, -0.15) is 132 Å². The predicted octanol–water partition coefficient (Wildman–Crippen LogP) is 44.0. The van der Waals surface area contributed by atoms with E-state index in [9.17, 15) is 132 Å². The summed E-state index contributed by atoms with van der Waals surface area (Å²) < 4.78 is 368. The van der Waals surface area contributed by atoms with E-state index >= 15 is 0 Å². The van der Waals surface area contributed by atoms with Crippen LogP contribution in [0.1, 0.15) is 432 Å². The van der Waals surface area contributed by atoms with Gasteiger partial charge in [-0.1, -0.05) is 406 Å². The minimum absolute atomic E-state index is 0.0362. The molecule has 824 valence electrons. The fourth-order valence-corrected chi connectivity index (χ4v) is 12.0. The lowest BCUT2D eigenvalue weighted by molar-refractivity contribution is -0.263. The lowest BCUT2D eigenvalue weighted by Crippen LogP contribution is -2.51. The number of hydrogen-bond acceptors (Lipinski definition) is 0. The van der Waals surface area contributed by atoms with Gasteiger partial charge in [-0.25, -0.2) is 0 Å². The van der Waals surface area contributed by atoms with E-state index in [2.05, 4.69) is 90.0 Å². The standard InChI is InChI=1S/C11H21F3.C10H19F3.C10H22.C9H17F3.C9H20.2C8H13F3.4C8H15F3.C7H13F3/c1-8(2,3)9(4,5)10(6,7)11(12,13)14;1-7(8(2,3)4)9(5,6)10(11,12)13;1-8(2)10(6,7)9(3,4)5;1-6(2)8(4,5)7(3)9(10,11)12;1-7(2)8(3)9(4,5)6;1-6-2-4-7(5-3-6)8(9,10)11;1-6-3-2-4-7(5-6)8(9,10)11;2*1-6(2,3)7(4,5)8(9,10)11;2*1-5(2)6(3)7(4)8(9,10)11;1-4-5(2)6(3)7(8,9)10/h1-7H3;7H,1-6H3;8H,1-7H3;6-7H,1-5H3;7-8H,1-6H3;2*6-7H,2-5H2,1H3;2*1-5H3;2*5-7H,1-4H3;5-6H,4H2,1-3H3/t;7-;;;8-;;6-,7?;;;2*6-,7?;5?,6-/m.1..1.1..111/s1. The quantitative estimate of drug-likeness (QED) is 0.171. The molecule has 0 aliphatic heterocycles. The summed E-state index contributed by atoms with van der Waals surface area (Å²) in [4.78, 5) is 0. The van der Waals surface area contributed by atoms with Gasteiger partial charge in [-0.3, -0.25) is 0 Å². The Balaban J connectivity index is -0.000000157. The van der Waals surface area contributed by atoms with Crippen LogP contribution in [0, 0.1) is 177 Å². The van der Waals surface area contributed by atoms with Crippen molar-refractivity contribution in [1.82, 2.24) is 0 Å². The Morgan fingerprint density at radius 3 is 0.612 bits per heavy atom. The van der Waals surface area contributed by atoms with Gasteiger partial charge in [0.25, 0.3) is 0 Å². The molecule has 5 unspecified atom stereocenters. The maximum absolute atomic E-state index is 12.9. The minimum atomic E-state index is -4.16. The maximum Gasteiger partial charge on any atom is 0.394 e. The number of rotatable bonds is 12. The highest BCUT2D eigenvalue weighted by molar-refractivity contribution is 4.99. The van der Waals surface area contributed by atoms with Crippen LogP contribution in [-0.2, 0) is 0 Å². The SMILES string of the molecule is CC(C)(C)C(C)(C)C(C)(C)C(F)(F)F.CC(C)(C)C(C)(C)C(F)(F)F.CC(C)(C)C(C)(C)C(F)(F)F.CC(C)C(C)(C)C(C)(C)C.CC(C)C(C)(C)C(C)C(F)(F)F.CC(C)[C@@H](C)C(C)(C)C.CC(C)[C@@H](C)C(C)C(F)(F)F.CC(C)[C@@H](C)C(C)C(F)(F)F.CC1CCC(C(F)(F)F)CC1.CCC(C)[C@@H](C)C(F)(F)F.C[C@@H]1CCCC(C(F)(F)F)C1.C[C@H](C(C)(C)C)C(C)(C)C(F)(F)F. The monoisotopic (exact) mass is 2020 g/mol. The summed E-state index contributed by atoms with van der Waals surface area (Å²) in [6.07, 6.45) is -35.5. The molecule has 2 aliphatic carbocycles. The van der Waals surface area contributed by atoms with Crippen LogP contribution in [0.2, 0.25) is 0 Å². The van der Waals surface area contributed by atoms with E-state index in [-0.39, 0.29) is 52.3 Å². The van der Waals surface area contributed by atoms with Crippen LogP contribution in [0.5, 0.6) is 0 Å². The number of halogens is 30. The van der Waals surface area contributed by atoms with E-state index in [1.807, 2.05) is 96.9 Å². The first kappa shape index (κ1) is 152. The molecule has 2 rings (SSSR count). The smallest absolute Gasteiger partial charge is 0.171 e. The molecule has 0 aromatic rings. The Morgan fingerprint density at radius 1 is 0.239 bits per heavy atom. The Labute approximate surface area is 798 Å². The van der Waals surface area contributed by atoms with E-state index in [4.69, 9.17) is 0 Å². The fraction of sp³-hybridized carbons (Fsp3) is 1.00. The van der Waals surface area contributed by atoms with Crippen molar-refractivity contribution in [3.8, 4) is 0 Å². The third kappa shape index (κ3) is 55.7. The van der Waals surface area contributed by atoms with Crippen molar-refractivity contribution < 1.29 is 132 Å². The molecule has 134 heavy (non-hydrogen) atoms. The normalized spacial score (nSPS) is 19.5. The first-order valence-electron chi connectivity index (χ1n) is 47.9. The van der Waals surface area contributed by atoms with Gasteiger partial charge in [0.2, 0.25) is 0 Å². The van der Waals surface area contributed by atoms with Crippen LogP contribution < -0.4 is 0 Å². The fourth-order valence-electron chi connectivity index (χ4n) is 12.0. The summed E-state index contributed by atoms with van der Waals surface area (Å²) in [5.74, 6) is -4.74. The summed E-state index contributed by atoms with van der Waals surface area (Å²) >= 11 is 0. The second-order valence-corrected chi connectivity index (χ2v) is 50.4. The van der Waals surface area contributed by atoms with Crippen LogP contribution in [0.4, 0.5) is 132 Å². The predicted molar refractivity (Wildman–Crippen MR) is 503 cm³/mol. The van der Waals surface area contributed by atoms with Gasteiger partial charge in [0.1, 0.15) is 0 Å². The van der Waals surface area contributed by atoms with Crippen LogP contribution in [0.15, 0.2) is 0 Å². The Bertz CT molecular complexity index is 2840. The Hall–Kier alpha value is -2.10. The highest BCUT2D eigenvalue weighted by atomic mass is 19.4. The topological polar surface area (TPSA) is 0 Å². The molecule has 2 fully saturated rings. The molecule has 0 N–H and O–H groups in total. The highest BCUT2D eigenvalue weighted by Gasteiger charge is 2.61. The van der Waals surface area contributed by atoms with Gasteiger partial charge in [-0.05, 0) is 145 Å². The largest absolute Gasteiger partial charge is 0.394 e. The molecule has 0 spiro atoms. The second-order valence-electron chi connectivity index (χ2n) is 50.4. The third-order valence-corrected chi connectivity index (χ3v) is 32.9. The van der Waals surface area contributed by atoms with Gasteiger partial charge in [-0.15, -0.1) is 0 Å². The molecular weight excluding hydrogens is 1820 g/mol. The molecular formula is C104H198F30. The van der Waals surface area contributed by atoms with Gasteiger partial charge >= 0.3 is 61.8 Å². The molecule has 0 radical (unpaired) electrons. The molecule has 2 aliphatic rings. The van der Waals surface area contributed by atoms with E-state index in [0.717, 1.165) is 43.4 Å². The van der Waals surface area contributed by atoms with Crippen molar-refractivity contribution in [2.75, 3.05) is 0 Å². The average Bonchev–Trinajstić information content (AvgIpc) is 0.746. The van der Waals surface area contributed by atoms with Gasteiger partial charge in [0.15, 0.2) is 0 Å². The highest BCUT2D eigenvalue weighted by Crippen LogP contribution is 2.59. The Kier molecular flexibility index (Phi) is 63.4. The number of hydrogen-bond donors (Lipinski definition) is 0. The van der Waals surface area contributed by atoms with Crippen molar-refractivity contribution in [3.63, 3.8) is 0 Å². The molecule has 0 heterocycles. The van der Waals surface area contributed by atoms with Gasteiger partial charge < -0.3 is 0 Å². The lowest BCUT2D eigenvalue weighted by atomic mass is 9.55. The average molecular weight is 2020 g/mol. The van der Waals surface area contributed by atoms with Gasteiger partial charge in [0, 0.05) is 0 Å². The zero-order chi connectivity index (χ0) is 112. The van der Waals surface area contributed by atoms with Crippen molar-refractivity contribution in [2.45, 2.75) is 493 Å². The zero-order valence-electron chi connectivity index (χ0n) is 93.6. The molecule has 0 saturated heterocycles. The van der Waals surface area contributed by atoms with Crippen LogP contribution in [0.25, 0.3) is 0 Å². The van der Waals surface area contributed by atoms with E-state index < -0.39 is 147 Å². The third-order valence-electron chi connectivity index (χ3n) is 32.9. The summed E-state index contributed by atoms with van der Waals surface area (Å²) in [7, 11) is 0. The van der Waals surface area contributed by atoms with E-state index in [1.165, 1.54) is 83.1 Å². The van der Waals surface area contributed by atoms with Crippen molar-refractivity contribution in [1.29, 1.82) is 0 Å².